The summed E-state index contributed by atoms with van der Waals surface area (Å²) in [5, 5.41) is 0.705. The Hall–Kier alpha value is -0.380. The van der Waals surface area contributed by atoms with Crippen LogP contribution in [0.25, 0.3) is 0 Å². The van der Waals surface area contributed by atoms with Crippen molar-refractivity contribution in [3.63, 3.8) is 0 Å². The third kappa shape index (κ3) is 1.40. The summed E-state index contributed by atoms with van der Waals surface area (Å²) in [6, 6.07) is 5.29. The van der Waals surface area contributed by atoms with Gasteiger partial charge in [-0.2, -0.15) is 0 Å². The Morgan fingerprint density at radius 2 is 2.29 bits per heavy atom. The quantitative estimate of drug-likeness (QED) is 0.803. The molecule has 2 rings (SSSR count). The van der Waals surface area contributed by atoms with Crippen LogP contribution in [0, 0.1) is 0 Å². The van der Waals surface area contributed by atoms with E-state index in [0.29, 0.717) is 5.02 Å². The topological polar surface area (TPSA) is 43.1 Å². The van der Waals surface area contributed by atoms with Gasteiger partial charge in [-0.15, -0.1) is 0 Å². The largest absolute Gasteiger partial charge is 0.323 e. The van der Waals surface area contributed by atoms with Gasteiger partial charge in [0.05, 0.1) is 16.0 Å². The minimum Gasteiger partial charge on any atom is -0.323 e. The Morgan fingerprint density at radius 3 is 2.93 bits per heavy atom. The van der Waals surface area contributed by atoms with Crippen molar-refractivity contribution in [3.05, 3.63) is 28.8 Å². The van der Waals surface area contributed by atoms with Gasteiger partial charge in [0.25, 0.3) is 0 Å². The lowest BCUT2D eigenvalue weighted by Crippen LogP contribution is -2.22. The first-order valence-electron chi connectivity index (χ1n) is 4.60. The molecular formula is C10H12ClNOS. The highest BCUT2D eigenvalue weighted by Crippen LogP contribution is 2.37. The van der Waals surface area contributed by atoms with Gasteiger partial charge in [-0.3, -0.25) is 4.21 Å². The van der Waals surface area contributed by atoms with Crippen LogP contribution in [0.3, 0.4) is 0 Å². The standard InChI is InChI=1S/C10H12ClNOS/c1-2-8-10(12)7-5-6(11)3-4-9(7)14(8)13/h3-5,8,10H,2,12H2,1H3. The van der Waals surface area contributed by atoms with Crippen LogP contribution in [0.5, 0.6) is 0 Å². The van der Waals surface area contributed by atoms with Crippen molar-refractivity contribution < 1.29 is 4.21 Å². The molecule has 0 spiro atoms. The zero-order valence-electron chi connectivity index (χ0n) is 7.87. The average molecular weight is 230 g/mol. The molecule has 0 aliphatic carbocycles. The first kappa shape index (κ1) is 10.1. The van der Waals surface area contributed by atoms with Crippen molar-refractivity contribution in [2.75, 3.05) is 0 Å². The minimum absolute atomic E-state index is 0.0449. The molecule has 0 amide bonds. The average Bonchev–Trinajstić information content (AvgIpc) is 2.39. The van der Waals surface area contributed by atoms with Crippen molar-refractivity contribution in [1.29, 1.82) is 0 Å². The summed E-state index contributed by atoms with van der Waals surface area (Å²) in [7, 11) is -0.958. The van der Waals surface area contributed by atoms with Crippen LogP contribution in [-0.4, -0.2) is 9.46 Å². The van der Waals surface area contributed by atoms with Gasteiger partial charge in [0.15, 0.2) is 0 Å². The number of benzene rings is 1. The van der Waals surface area contributed by atoms with Crippen molar-refractivity contribution in [2.45, 2.75) is 29.5 Å². The Morgan fingerprint density at radius 1 is 1.57 bits per heavy atom. The summed E-state index contributed by atoms with van der Waals surface area (Å²) in [6.07, 6.45) is 0.833. The SMILES string of the molecule is CCC1C(N)c2cc(Cl)ccc2S1=O. The van der Waals surface area contributed by atoms with Crippen LogP contribution in [-0.2, 0) is 10.8 Å². The van der Waals surface area contributed by atoms with E-state index in [1.165, 1.54) is 0 Å². The second-order valence-electron chi connectivity index (χ2n) is 3.45. The third-order valence-electron chi connectivity index (χ3n) is 2.63. The number of hydrogen-bond donors (Lipinski definition) is 1. The van der Waals surface area contributed by atoms with Crippen LogP contribution < -0.4 is 5.73 Å². The molecule has 1 aromatic rings. The number of halogens is 1. The van der Waals surface area contributed by atoms with E-state index < -0.39 is 10.8 Å². The minimum atomic E-state index is -0.958. The summed E-state index contributed by atoms with van der Waals surface area (Å²) in [5.74, 6) is 0. The second-order valence-corrected chi connectivity index (χ2v) is 5.53. The van der Waals surface area contributed by atoms with Gasteiger partial charge in [0.2, 0.25) is 0 Å². The van der Waals surface area contributed by atoms with E-state index >= 15 is 0 Å². The molecule has 0 fully saturated rings. The molecule has 76 valence electrons. The van der Waals surface area contributed by atoms with Gasteiger partial charge in [0, 0.05) is 16.0 Å². The lowest BCUT2D eigenvalue weighted by Gasteiger charge is -2.11. The number of rotatable bonds is 1. The summed E-state index contributed by atoms with van der Waals surface area (Å²) in [6.45, 7) is 2.01. The molecule has 2 N–H and O–H groups in total. The van der Waals surface area contributed by atoms with Crippen molar-refractivity contribution in [1.82, 2.24) is 0 Å². The number of hydrogen-bond acceptors (Lipinski definition) is 2. The van der Waals surface area contributed by atoms with Crippen LogP contribution in [0.4, 0.5) is 0 Å². The van der Waals surface area contributed by atoms with Crippen LogP contribution >= 0.6 is 11.6 Å². The predicted octanol–water partition coefficient (Wildman–Crippen LogP) is 2.24. The molecule has 1 heterocycles. The lowest BCUT2D eigenvalue weighted by atomic mass is 10.0. The maximum absolute atomic E-state index is 11.9. The molecule has 0 aromatic heterocycles. The third-order valence-corrected chi connectivity index (χ3v) is 4.84. The van der Waals surface area contributed by atoms with Gasteiger partial charge >= 0.3 is 0 Å². The zero-order valence-corrected chi connectivity index (χ0v) is 9.44. The first-order valence-corrected chi connectivity index (χ1v) is 6.20. The summed E-state index contributed by atoms with van der Waals surface area (Å²) in [5.41, 5.74) is 6.96. The predicted molar refractivity (Wildman–Crippen MR) is 58.9 cm³/mol. The van der Waals surface area contributed by atoms with Crippen molar-refractivity contribution in [2.24, 2.45) is 5.73 Å². The van der Waals surface area contributed by atoms with Gasteiger partial charge in [-0.1, -0.05) is 18.5 Å². The fourth-order valence-corrected chi connectivity index (χ4v) is 3.72. The molecule has 1 aliphatic rings. The molecule has 2 nitrogen and oxygen atoms in total. The Balaban J connectivity index is 2.52. The van der Waals surface area contributed by atoms with E-state index in [2.05, 4.69) is 0 Å². The summed E-state index contributed by atoms with van der Waals surface area (Å²) >= 11 is 5.87. The molecule has 1 aromatic carbocycles. The molecule has 0 radical (unpaired) electrons. The van der Waals surface area contributed by atoms with E-state index in [-0.39, 0.29) is 11.3 Å². The summed E-state index contributed by atoms with van der Waals surface area (Å²) < 4.78 is 11.9. The van der Waals surface area contributed by atoms with Crippen LogP contribution in [0.1, 0.15) is 24.9 Å². The molecule has 0 saturated heterocycles. The maximum atomic E-state index is 11.9. The Bertz CT molecular complexity index is 394. The molecule has 0 bridgehead atoms. The van der Waals surface area contributed by atoms with Gasteiger partial charge in [0.1, 0.15) is 0 Å². The first-order chi connectivity index (χ1) is 6.65. The zero-order chi connectivity index (χ0) is 10.3. The van der Waals surface area contributed by atoms with E-state index in [9.17, 15) is 4.21 Å². The van der Waals surface area contributed by atoms with E-state index in [4.69, 9.17) is 17.3 Å². The van der Waals surface area contributed by atoms with Gasteiger partial charge in [-0.25, -0.2) is 0 Å². The number of fused-ring (bicyclic) bond motifs is 1. The Labute approximate surface area is 90.9 Å². The van der Waals surface area contributed by atoms with E-state index in [1.807, 2.05) is 19.1 Å². The fraction of sp³-hybridized carbons (Fsp3) is 0.400. The normalized spacial score (nSPS) is 30.4. The highest BCUT2D eigenvalue weighted by Gasteiger charge is 2.35. The Kier molecular flexibility index (Phi) is 2.64. The monoisotopic (exact) mass is 229 g/mol. The number of nitrogens with two attached hydrogens (primary N) is 1. The molecule has 3 atom stereocenters. The van der Waals surface area contributed by atoms with Crippen LogP contribution in [0.2, 0.25) is 5.02 Å². The fourth-order valence-electron chi connectivity index (χ4n) is 1.86. The van der Waals surface area contributed by atoms with E-state index in [0.717, 1.165) is 16.9 Å². The smallest absolute Gasteiger partial charge is 0.0585 e. The molecular weight excluding hydrogens is 218 g/mol. The van der Waals surface area contributed by atoms with Gasteiger partial charge in [-0.05, 0) is 30.2 Å². The molecule has 4 heteroatoms. The highest BCUT2D eigenvalue weighted by molar-refractivity contribution is 7.86. The lowest BCUT2D eigenvalue weighted by molar-refractivity contribution is 0.632. The molecule has 1 aliphatic heterocycles. The van der Waals surface area contributed by atoms with Gasteiger partial charge < -0.3 is 5.73 Å². The highest BCUT2D eigenvalue weighted by atomic mass is 35.5. The van der Waals surface area contributed by atoms with Crippen molar-refractivity contribution >= 4 is 22.4 Å². The van der Waals surface area contributed by atoms with Crippen molar-refractivity contribution in [3.8, 4) is 0 Å². The maximum Gasteiger partial charge on any atom is 0.0585 e. The van der Waals surface area contributed by atoms with E-state index in [1.54, 1.807) is 6.07 Å². The molecule has 3 unspecified atom stereocenters. The van der Waals surface area contributed by atoms with Crippen LogP contribution in [0.15, 0.2) is 23.1 Å². The second kappa shape index (κ2) is 3.65. The molecule has 0 saturated carbocycles. The molecule has 14 heavy (non-hydrogen) atoms. The summed E-state index contributed by atoms with van der Waals surface area (Å²) in [4.78, 5) is 0.855.